The summed E-state index contributed by atoms with van der Waals surface area (Å²) in [6, 6.07) is 0.0832. The lowest BCUT2D eigenvalue weighted by Crippen LogP contribution is -2.09. The van der Waals surface area contributed by atoms with Crippen molar-refractivity contribution in [2.45, 2.75) is 32.7 Å². The Labute approximate surface area is 101 Å². The Morgan fingerprint density at radius 3 is 2.71 bits per heavy atom. The molecule has 0 bridgehead atoms. The van der Waals surface area contributed by atoms with Crippen molar-refractivity contribution < 1.29 is 9.53 Å². The first-order chi connectivity index (χ1) is 7.89. The van der Waals surface area contributed by atoms with Gasteiger partial charge in [-0.25, -0.2) is 4.79 Å². The second-order valence-electron chi connectivity index (χ2n) is 5.15. The van der Waals surface area contributed by atoms with Gasteiger partial charge in [0.15, 0.2) is 5.69 Å². The van der Waals surface area contributed by atoms with Crippen LogP contribution in [0.1, 0.15) is 42.7 Å². The van der Waals surface area contributed by atoms with E-state index in [0.717, 1.165) is 5.56 Å². The number of hydrogen-bond donors (Lipinski definition) is 1. The smallest absolute Gasteiger partial charge is 0.359 e. The van der Waals surface area contributed by atoms with Gasteiger partial charge in [-0.05, 0) is 12.3 Å². The number of nitrogens with zero attached hydrogens (tertiary/aromatic N) is 2. The number of carbonyl (C=O) groups is 1. The highest BCUT2D eigenvalue weighted by Gasteiger charge is 2.57. The molecular formula is C12H19N3O2. The Morgan fingerprint density at radius 1 is 1.65 bits per heavy atom. The summed E-state index contributed by atoms with van der Waals surface area (Å²) >= 11 is 0. The van der Waals surface area contributed by atoms with Gasteiger partial charge in [0.25, 0.3) is 0 Å². The molecule has 1 saturated carbocycles. The quantitative estimate of drug-likeness (QED) is 0.798. The average molecular weight is 237 g/mol. The van der Waals surface area contributed by atoms with E-state index in [0.29, 0.717) is 12.3 Å². The number of nitrogens with two attached hydrogens (primary N) is 1. The Hall–Kier alpha value is -1.36. The maximum Gasteiger partial charge on any atom is 0.359 e. The van der Waals surface area contributed by atoms with E-state index in [9.17, 15) is 4.79 Å². The van der Waals surface area contributed by atoms with Crippen LogP contribution in [0.2, 0.25) is 0 Å². The molecular weight excluding hydrogens is 218 g/mol. The fourth-order valence-electron chi connectivity index (χ4n) is 2.36. The molecule has 0 saturated heterocycles. The highest BCUT2D eigenvalue weighted by Crippen LogP contribution is 2.57. The maximum absolute atomic E-state index is 11.8. The minimum Gasteiger partial charge on any atom is -0.461 e. The van der Waals surface area contributed by atoms with Crippen LogP contribution in [0.5, 0.6) is 0 Å². The molecule has 2 unspecified atom stereocenters. The summed E-state index contributed by atoms with van der Waals surface area (Å²) in [6.45, 7) is 6.34. The highest BCUT2D eigenvalue weighted by molar-refractivity contribution is 5.89. The second kappa shape index (κ2) is 3.84. The SMILES string of the molecule is CCOC(=O)c1nn(C)cc1C1C(N)C1(C)C. The van der Waals surface area contributed by atoms with E-state index in [1.165, 1.54) is 0 Å². The zero-order valence-electron chi connectivity index (χ0n) is 10.7. The second-order valence-corrected chi connectivity index (χ2v) is 5.15. The number of ether oxygens (including phenoxy) is 1. The lowest BCUT2D eigenvalue weighted by molar-refractivity contribution is 0.0517. The van der Waals surface area contributed by atoms with E-state index in [4.69, 9.17) is 10.5 Å². The average Bonchev–Trinajstić information content (AvgIpc) is 2.59. The first-order valence-corrected chi connectivity index (χ1v) is 5.85. The monoisotopic (exact) mass is 237 g/mol. The Kier molecular flexibility index (Phi) is 2.73. The lowest BCUT2D eigenvalue weighted by Gasteiger charge is -2.03. The molecule has 0 radical (unpaired) electrons. The van der Waals surface area contributed by atoms with Gasteiger partial charge in [0.05, 0.1) is 6.61 Å². The Bertz CT molecular complexity index is 451. The third-order valence-electron chi connectivity index (χ3n) is 3.57. The van der Waals surface area contributed by atoms with Gasteiger partial charge in [-0.3, -0.25) is 4.68 Å². The van der Waals surface area contributed by atoms with Crippen molar-refractivity contribution in [1.82, 2.24) is 9.78 Å². The number of carbonyl (C=O) groups excluding carboxylic acids is 1. The van der Waals surface area contributed by atoms with E-state index in [2.05, 4.69) is 18.9 Å². The number of aryl methyl sites for hydroxylation is 1. The van der Waals surface area contributed by atoms with Crippen LogP contribution in [0, 0.1) is 5.41 Å². The van der Waals surface area contributed by atoms with Gasteiger partial charge in [-0.1, -0.05) is 13.8 Å². The number of aromatic nitrogens is 2. The molecule has 5 heteroatoms. The predicted molar refractivity (Wildman–Crippen MR) is 63.7 cm³/mol. The molecule has 0 aliphatic heterocycles. The van der Waals surface area contributed by atoms with Crippen molar-refractivity contribution in [1.29, 1.82) is 0 Å². The summed E-state index contributed by atoms with van der Waals surface area (Å²) in [6.07, 6.45) is 1.87. The van der Waals surface area contributed by atoms with Crippen LogP contribution >= 0.6 is 0 Å². The molecule has 0 amide bonds. The largest absolute Gasteiger partial charge is 0.461 e. The van der Waals surface area contributed by atoms with Crippen LogP contribution in [0.3, 0.4) is 0 Å². The molecule has 1 aliphatic carbocycles. The summed E-state index contributed by atoms with van der Waals surface area (Å²) in [5, 5.41) is 4.18. The fourth-order valence-corrected chi connectivity index (χ4v) is 2.36. The van der Waals surface area contributed by atoms with Crippen LogP contribution in [0.4, 0.5) is 0 Å². The maximum atomic E-state index is 11.8. The van der Waals surface area contributed by atoms with Crippen LogP contribution in [0.25, 0.3) is 0 Å². The topological polar surface area (TPSA) is 70.1 Å². The number of hydrogen-bond acceptors (Lipinski definition) is 4. The van der Waals surface area contributed by atoms with Gasteiger partial charge in [-0.2, -0.15) is 5.10 Å². The molecule has 17 heavy (non-hydrogen) atoms. The van der Waals surface area contributed by atoms with Gasteiger partial charge >= 0.3 is 5.97 Å². The summed E-state index contributed by atoms with van der Waals surface area (Å²) in [4.78, 5) is 11.8. The zero-order valence-corrected chi connectivity index (χ0v) is 10.7. The molecule has 94 valence electrons. The third-order valence-corrected chi connectivity index (χ3v) is 3.57. The van der Waals surface area contributed by atoms with Gasteiger partial charge in [0.1, 0.15) is 0 Å². The summed E-state index contributed by atoms with van der Waals surface area (Å²) in [5.74, 6) is -0.173. The van der Waals surface area contributed by atoms with Crippen LogP contribution in [-0.2, 0) is 11.8 Å². The standard InChI is InChI=1S/C12H19N3O2/c1-5-17-11(16)9-7(6-15(4)14-9)8-10(13)12(8,2)3/h6,8,10H,5,13H2,1-4H3. The normalized spacial score (nSPS) is 25.7. The van der Waals surface area contributed by atoms with Crippen LogP contribution in [-0.4, -0.2) is 28.4 Å². The number of esters is 1. The van der Waals surface area contributed by atoms with Crippen molar-refractivity contribution >= 4 is 5.97 Å². The van der Waals surface area contributed by atoms with E-state index in [-0.39, 0.29) is 23.3 Å². The van der Waals surface area contributed by atoms with E-state index < -0.39 is 0 Å². The summed E-state index contributed by atoms with van der Waals surface area (Å²) in [5.41, 5.74) is 7.38. The van der Waals surface area contributed by atoms with Gasteiger partial charge < -0.3 is 10.5 Å². The van der Waals surface area contributed by atoms with Crippen molar-refractivity contribution in [2.75, 3.05) is 6.61 Å². The van der Waals surface area contributed by atoms with Crippen molar-refractivity contribution in [2.24, 2.45) is 18.2 Å². The molecule has 1 fully saturated rings. The minimum absolute atomic E-state index is 0.0320. The predicted octanol–water partition coefficient (Wildman–Crippen LogP) is 1.05. The molecule has 0 aromatic carbocycles. The molecule has 1 aliphatic rings. The minimum atomic E-state index is -0.363. The van der Waals surface area contributed by atoms with Crippen molar-refractivity contribution in [3.05, 3.63) is 17.5 Å². The first kappa shape index (κ1) is 12.1. The molecule has 2 atom stereocenters. The molecule has 2 rings (SSSR count). The Balaban J connectivity index is 2.33. The summed E-state index contributed by atoms with van der Waals surface area (Å²) < 4.78 is 6.65. The molecule has 1 aromatic heterocycles. The van der Waals surface area contributed by atoms with Gasteiger partial charge in [-0.15, -0.1) is 0 Å². The van der Waals surface area contributed by atoms with Crippen LogP contribution < -0.4 is 5.73 Å². The summed E-state index contributed by atoms with van der Waals surface area (Å²) in [7, 11) is 1.80. The van der Waals surface area contributed by atoms with Crippen molar-refractivity contribution in [3.8, 4) is 0 Å². The molecule has 5 nitrogen and oxygen atoms in total. The fraction of sp³-hybridized carbons (Fsp3) is 0.667. The van der Waals surface area contributed by atoms with Crippen molar-refractivity contribution in [3.63, 3.8) is 0 Å². The van der Waals surface area contributed by atoms with E-state index in [1.54, 1.807) is 18.7 Å². The molecule has 1 heterocycles. The lowest BCUT2D eigenvalue weighted by atomic mass is 10.0. The first-order valence-electron chi connectivity index (χ1n) is 5.85. The Morgan fingerprint density at radius 2 is 2.24 bits per heavy atom. The van der Waals surface area contributed by atoms with Gasteiger partial charge in [0.2, 0.25) is 0 Å². The highest BCUT2D eigenvalue weighted by atomic mass is 16.5. The van der Waals surface area contributed by atoms with Crippen LogP contribution in [0.15, 0.2) is 6.20 Å². The zero-order chi connectivity index (χ0) is 12.8. The molecule has 0 spiro atoms. The van der Waals surface area contributed by atoms with E-state index in [1.807, 2.05) is 6.20 Å². The molecule has 2 N–H and O–H groups in total. The molecule has 1 aromatic rings. The third kappa shape index (κ3) is 1.84. The number of rotatable bonds is 3. The van der Waals surface area contributed by atoms with Gasteiger partial charge in [0, 0.05) is 30.8 Å². The van der Waals surface area contributed by atoms with E-state index >= 15 is 0 Å².